The van der Waals surface area contributed by atoms with Gasteiger partial charge in [0.1, 0.15) is 21.4 Å². The van der Waals surface area contributed by atoms with Gasteiger partial charge in [-0.1, -0.05) is 30.4 Å². The van der Waals surface area contributed by atoms with Crippen LogP contribution < -0.4 is 15.4 Å². The highest BCUT2D eigenvalue weighted by molar-refractivity contribution is 7.19. The van der Waals surface area contributed by atoms with Crippen LogP contribution in [-0.4, -0.2) is 36.2 Å². The Morgan fingerprint density at radius 3 is 2.71 bits per heavy atom. The van der Waals surface area contributed by atoms with Crippen molar-refractivity contribution >= 4 is 28.3 Å². The molecule has 0 radical (unpaired) electrons. The molecule has 28 heavy (non-hydrogen) atoms. The minimum atomic E-state index is -0.542. The molecule has 2 rings (SSSR count). The Morgan fingerprint density at radius 1 is 1.29 bits per heavy atom. The highest BCUT2D eigenvalue weighted by Gasteiger charge is 2.18. The molecule has 0 saturated carbocycles. The van der Waals surface area contributed by atoms with Crippen molar-refractivity contribution in [1.82, 2.24) is 10.3 Å². The zero-order valence-electron chi connectivity index (χ0n) is 16.9. The fraction of sp³-hybridized carbons (Fsp3) is 0.450. The number of hydrogen-bond donors (Lipinski definition) is 2. The number of carbonyl (C=O) groups excluding carboxylic acids is 2. The maximum absolute atomic E-state index is 12.4. The number of ether oxygens (including phenoxy) is 2. The third kappa shape index (κ3) is 6.84. The first-order chi connectivity index (χ1) is 13.2. The number of aromatic nitrogens is 1. The van der Waals surface area contributed by atoms with E-state index in [1.807, 2.05) is 31.2 Å². The van der Waals surface area contributed by atoms with Crippen LogP contribution in [0.5, 0.6) is 5.75 Å². The number of hydrogen-bond acceptors (Lipinski definition) is 6. The molecule has 0 aliphatic carbocycles. The van der Waals surface area contributed by atoms with Gasteiger partial charge >= 0.3 is 6.09 Å². The molecule has 8 heteroatoms. The molecule has 152 valence electrons. The standard InChI is InChI=1S/C20H27N3O4S/c1-13(9-10-21-19(25)27-20(2,3)4)17(24)23-16-12-22-18(28-16)14-7-6-8-15(11-14)26-5/h6-8,11-13H,9-10H2,1-5H3,(H,21,25)(H,23,24). The first-order valence-electron chi connectivity index (χ1n) is 9.06. The van der Waals surface area contributed by atoms with E-state index in [1.165, 1.54) is 11.3 Å². The van der Waals surface area contributed by atoms with E-state index in [4.69, 9.17) is 9.47 Å². The molecule has 1 unspecified atom stereocenters. The zero-order chi connectivity index (χ0) is 20.7. The molecular formula is C20H27N3O4S. The largest absolute Gasteiger partial charge is 0.497 e. The van der Waals surface area contributed by atoms with E-state index in [0.29, 0.717) is 18.0 Å². The summed E-state index contributed by atoms with van der Waals surface area (Å²) in [5, 5.41) is 7.02. The summed E-state index contributed by atoms with van der Waals surface area (Å²) in [6.45, 7) is 7.59. The van der Waals surface area contributed by atoms with E-state index in [1.54, 1.807) is 34.1 Å². The molecular weight excluding hydrogens is 378 g/mol. The number of methoxy groups -OCH3 is 1. The van der Waals surface area contributed by atoms with Gasteiger partial charge in [0.05, 0.1) is 13.3 Å². The molecule has 0 aliphatic rings. The van der Waals surface area contributed by atoms with Gasteiger partial charge in [0.15, 0.2) is 0 Å². The molecule has 0 spiro atoms. The van der Waals surface area contributed by atoms with E-state index in [-0.39, 0.29) is 11.8 Å². The van der Waals surface area contributed by atoms with Crippen LogP contribution in [0.25, 0.3) is 10.6 Å². The number of amides is 2. The van der Waals surface area contributed by atoms with Crippen molar-refractivity contribution in [3.05, 3.63) is 30.5 Å². The van der Waals surface area contributed by atoms with Crippen LogP contribution in [0, 0.1) is 5.92 Å². The van der Waals surface area contributed by atoms with Gasteiger partial charge in [-0.15, -0.1) is 0 Å². The highest BCUT2D eigenvalue weighted by atomic mass is 32.1. The Labute approximate surface area is 169 Å². The first-order valence-corrected chi connectivity index (χ1v) is 9.87. The van der Waals surface area contributed by atoms with Crippen LogP contribution in [0.15, 0.2) is 30.5 Å². The Balaban J connectivity index is 1.84. The van der Waals surface area contributed by atoms with Gasteiger partial charge in [-0.2, -0.15) is 0 Å². The summed E-state index contributed by atoms with van der Waals surface area (Å²) in [5.41, 5.74) is 0.388. The first kappa shape index (κ1) is 21.7. The number of alkyl carbamates (subject to hydrolysis) is 1. The van der Waals surface area contributed by atoms with Gasteiger partial charge in [-0.25, -0.2) is 9.78 Å². The van der Waals surface area contributed by atoms with Crippen molar-refractivity contribution in [3.63, 3.8) is 0 Å². The van der Waals surface area contributed by atoms with Gasteiger partial charge in [0.2, 0.25) is 5.91 Å². The lowest BCUT2D eigenvalue weighted by Gasteiger charge is -2.20. The van der Waals surface area contributed by atoms with E-state index in [0.717, 1.165) is 16.3 Å². The monoisotopic (exact) mass is 405 g/mol. The summed E-state index contributed by atoms with van der Waals surface area (Å²) in [5.74, 6) is 0.369. The highest BCUT2D eigenvalue weighted by Crippen LogP contribution is 2.30. The van der Waals surface area contributed by atoms with Crippen LogP contribution in [0.4, 0.5) is 9.80 Å². The summed E-state index contributed by atoms with van der Waals surface area (Å²) in [6.07, 6.45) is 1.67. The number of benzene rings is 1. The van der Waals surface area contributed by atoms with Crippen molar-refractivity contribution in [1.29, 1.82) is 0 Å². The topological polar surface area (TPSA) is 89.5 Å². The lowest BCUT2D eigenvalue weighted by atomic mass is 10.1. The zero-order valence-corrected chi connectivity index (χ0v) is 17.7. The van der Waals surface area contributed by atoms with Crippen LogP contribution in [0.2, 0.25) is 0 Å². The maximum atomic E-state index is 12.4. The number of thiazole rings is 1. The average molecular weight is 406 g/mol. The van der Waals surface area contributed by atoms with Gasteiger partial charge in [-0.3, -0.25) is 4.79 Å². The maximum Gasteiger partial charge on any atom is 0.407 e. The molecule has 0 aliphatic heterocycles. The number of carbonyl (C=O) groups is 2. The molecule has 2 amide bonds. The predicted molar refractivity (Wildman–Crippen MR) is 111 cm³/mol. The molecule has 1 aromatic heterocycles. The summed E-state index contributed by atoms with van der Waals surface area (Å²) in [7, 11) is 1.62. The van der Waals surface area contributed by atoms with Gasteiger partial charge < -0.3 is 20.1 Å². The molecule has 1 heterocycles. The Kier molecular flexibility index (Phi) is 7.39. The molecule has 0 fully saturated rings. The molecule has 7 nitrogen and oxygen atoms in total. The lowest BCUT2D eigenvalue weighted by Crippen LogP contribution is -2.34. The number of anilines is 1. The second-order valence-corrected chi connectivity index (χ2v) is 8.40. The molecule has 1 aromatic carbocycles. The minimum absolute atomic E-state index is 0.119. The fourth-order valence-electron chi connectivity index (χ4n) is 2.30. The van der Waals surface area contributed by atoms with Crippen LogP contribution in [-0.2, 0) is 9.53 Å². The number of nitrogens with one attached hydrogen (secondary N) is 2. The second kappa shape index (κ2) is 9.54. The third-order valence-corrected chi connectivity index (χ3v) is 4.72. The molecule has 2 aromatic rings. The van der Waals surface area contributed by atoms with E-state index in [9.17, 15) is 9.59 Å². The smallest absolute Gasteiger partial charge is 0.407 e. The number of nitrogens with zero attached hydrogens (tertiary/aromatic N) is 1. The summed E-state index contributed by atoms with van der Waals surface area (Å²) >= 11 is 1.40. The summed E-state index contributed by atoms with van der Waals surface area (Å²) < 4.78 is 10.4. The molecule has 0 bridgehead atoms. The molecule has 1 atom stereocenters. The average Bonchev–Trinajstić information content (AvgIpc) is 3.08. The van der Waals surface area contributed by atoms with Crippen molar-refractivity contribution in [2.75, 3.05) is 19.0 Å². The number of rotatable bonds is 7. The van der Waals surface area contributed by atoms with E-state index >= 15 is 0 Å². The Hall–Kier alpha value is -2.61. The van der Waals surface area contributed by atoms with Crippen molar-refractivity contribution in [3.8, 4) is 16.3 Å². The quantitative estimate of drug-likeness (QED) is 0.716. The van der Waals surface area contributed by atoms with Gasteiger partial charge in [0, 0.05) is 18.0 Å². The van der Waals surface area contributed by atoms with Crippen LogP contribution in [0.1, 0.15) is 34.1 Å². The summed E-state index contributed by atoms with van der Waals surface area (Å²) in [6, 6.07) is 7.60. The fourth-order valence-corrected chi connectivity index (χ4v) is 3.12. The molecule has 2 N–H and O–H groups in total. The minimum Gasteiger partial charge on any atom is -0.497 e. The Bertz CT molecular complexity index is 814. The predicted octanol–water partition coefficient (Wildman–Crippen LogP) is 4.31. The van der Waals surface area contributed by atoms with E-state index in [2.05, 4.69) is 15.6 Å². The normalized spacial score (nSPS) is 12.2. The van der Waals surface area contributed by atoms with Crippen molar-refractivity contribution in [2.24, 2.45) is 5.92 Å². The molecule has 0 saturated heterocycles. The third-order valence-electron chi connectivity index (χ3n) is 3.76. The van der Waals surface area contributed by atoms with Gasteiger partial charge in [0.25, 0.3) is 0 Å². The van der Waals surface area contributed by atoms with Crippen LogP contribution in [0.3, 0.4) is 0 Å². The Morgan fingerprint density at radius 2 is 2.04 bits per heavy atom. The second-order valence-electron chi connectivity index (χ2n) is 7.37. The van der Waals surface area contributed by atoms with Gasteiger partial charge in [-0.05, 0) is 39.3 Å². The van der Waals surface area contributed by atoms with Crippen molar-refractivity contribution in [2.45, 2.75) is 39.7 Å². The van der Waals surface area contributed by atoms with Crippen molar-refractivity contribution < 1.29 is 19.1 Å². The van der Waals surface area contributed by atoms with Crippen LogP contribution >= 0.6 is 11.3 Å². The SMILES string of the molecule is COc1cccc(-c2ncc(NC(=O)C(C)CCNC(=O)OC(C)(C)C)s2)c1. The lowest BCUT2D eigenvalue weighted by molar-refractivity contribution is -0.119. The van der Waals surface area contributed by atoms with E-state index < -0.39 is 11.7 Å². The summed E-state index contributed by atoms with van der Waals surface area (Å²) in [4.78, 5) is 28.4.